The number of rotatable bonds is 9. The molecular formula is C14H22N6O2P2S. The standard InChI is InChI=1S/C14H22N6O2P2S/c15-23(16,21)19-25-20(12-14-9-5-2-6-10-14)24(17,22)18-11-13-7-3-1-4-8-13/h1-10H,11-12H2,(H3,17,18,22)(H5,15,16,19,21). The minimum atomic E-state index is -3.50. The summed E-state index contributed by atoms with van der Waals surface area (Å²) in [6.07, 6.45) is 0. The van der Waals surface area contributed by atoms with Gasteiger partial charge in [0.25, 0.3) is 15.2 Å². The number of benzene rings is 2. The van der Waals surface area contributed by atoms with E-state index in [4.69, 9.17) is 16.5 Å². The average molecular weight is 400 g/mol. The van der Waals surface area contributed by atoms with E-state index >= 15 is 0 Å². The molecule has 0 aliphatic carbocycles. The van der Waals surface area contributed by atoms with Gasteiger partial charge in [-0.3, -0.25) is 25.6 Å². The topological polar surface area (TPSA) is 140 Å². The van der Waals surface area contributed by atoms with Crippen LogP contribution in [0.1, 0.15) is 11.1 Å². The Bertz CT molecular complexity index is 758. The van der Waals surface area contributed by atoms with Crippen LogP contribution in [0.15, 0.2) is 60.7 Å². The Balaban J connectivity index is 2.10. The second kappa shape index (κ2) is 9.09. The van der Waals surface area contributed by atoms with Gasteiger partial charge in [-0.15, -0.1) is 0 Å². The van der Waals surface area contributed by atoms with Gasteiger partial charge >= 0.3 is 0 Å². The summed E-state index contributed by atoms with van der Waals surface area (Å²) in [4.78, 5) is 0. The van der Waals surface area contributed by atoms with Crippen molar-refractivity contribution >= 4 is 27.3 Å². The average Bonchev–Trinajstić information content (AvgIpc) is 2.58. The normalized spacial score (nSPS) is 14.4. The van der Waals surface area contributed by atoms with Crippen LogP contribution in [0, 0.1) is 0 Å². The number of nitrogens with two attached hydrogens (primary N) is 3. The molecule has 0 fully saturated rings. The third-order valence-corrected chi connectivity index (χ3v) is 7.33. The number of hydrogen-bond acceptors (Lipinski definition) is 3. The third-order valence-electron chi connectivity index (χ3n) is 3.13. The summed E-state index contributed by atoms with van der Waals surface area (Å²) in [5, 5.41) is 2.86. The van der Waals surface area contributed by atoms with Crippen LogP contribution in [-0.2, 0) is 22.2 Å². The van der Waals surface area contributed by atoms with Gasteiger partial charge in [-0.05, 0) is 11.1 Å². The zero-order chi connectivity index (χ0) is 18.3. The summed E-state index contributed by atoms with van der Waals surface area (Å²) < 4.78 is 28.3. The molecule has 0 aromatic heterocycles. The molecule has 25 heavy (non-hydrogen) atoms. The Kier molecular flexibility index (Phi) is 7.39. The van der Waals surface area contributed by atoms with E-state index in [0.29, 0.717) is 6.54 Å². The molecule has 0 saturated carbocycles. The number of nitrogens with zero attached hydrogens (tertiary/aromatic N) is 1. The Labute approximate surface area is 151 Å². The Morgan fingerprint density at radius 2 is 1.40 bits per heavy atom. The quantitative estimate of drug-likeness (QED) is 0.317. The molecule has 0 bridgehead atoms. The molecule has 1 atom stereocenters. The molecule has 0 spiro atoms. The zero-order valence-electron chi connectivity index (χ0n) is 13.5. The van der Waals surface area contributed by atoms with Crippen LogP contribution in [0.25, 0.3) is 0 Å². The molecule has 0 heterocycles. The van der Waals surface area contributed by atoms with Crippen molar-refractivity contribution in [3.05, 3.63) is 71.8 Å². The maximum atomic E-state index is 13.0. The second-order valence-corrected chi connectivity index (χ2v) is 10.4. The Hall–Kier alpha value is -0.990. The highest BCUT2D eigenvalue weighted by atomic mass is 32.2. The first-order chi connectivity index (χ1) is 11.8. The van der Waals surface area contributed by atoms with E-state index in [-0.39, 0.29) is 6.54 Å². The van der Waals surface area contributed by atoms with Crippen molar-refractivity contribution in [1.29, 1.82) is 0 Å². The predicted molar refractivity (Wildman–Crippen MR) is 104 cm³/mol. The Morgan fingerprint density at radius 1 is 0.880 bits per heavy atom. The van der Waals surface area contributed by atoms with Crippen LogP contribution in [0.4, 0.5) is 0 Å². The van der Waals surface area contributed by atoms with Crippen molar-refractivity contribution in [3.8, 4) is 0 Å². The van der Waals surface area contributed by atoms with E-state index in [0.717, 1.165) is 23.3 Å². The maximum absolute atomic E-state index is 13.0. The molecule has 0 radical (unpaired) electrons. The van der Waals surface area contributed by atoms with Gasteiger partial charge in [-0.1, -0.05) is 60.7 Å². The van der Waals surface area contributed by atoms with Crippen molar-refractivity contribution in [3.63, 3.8) is 0 Å². The minimum absolute atomic E-state index is 0.244. The first kappa shape index (κ1) is 20.3. The first-order valence-electron chi connectivity index (χ1n) is 7.37. The summed E-state index contributed by atoms with van der Waals surface area (Å²) in [6, 6.07) is 18.8. The number of hydrogen-bond donors (Lipinski definition) is 5. The molecule has 136 valence electrons. The minimum Gasteiger partial charge on any atom is -0.271 e. The highest BCUT2D eigenvalue weighted by Crippen LogP contribution is 2.44. The Morgan fingerprint density at radius 3 is 1.92 bits per heavy atom. The third kappa shape index (κ3) is 7.42. The molecule has 11 heteroatoms. The van der Waals surface area contributed by atoms with E-state index in [9.17, 15) is 9.13 Å². The van der Waals surface area contributed by atoms with E-state index in [1.54, 1.807) is 0 Å². The molecule has 0 saturated heterocycles. The van der Waals surface area contributed by atoms with Crippen LogP contribution in [-0.4, -0.2) is 4.08 Å². The predicted octanol–water partition coefficient (Wildman–Crippen LogP) is 2.52. The molecule has 2 rings (SSSR count). The van der Waals surface area contributed by atoms with Crippen molar-refractivity contribution in [2.75, 3.05) is 0 Å². The van der Waals surface area contributed by atoms with Crippen molar-refractivity contribution in [2.24, 2.45) is 16.5 Å². The smallest absolute Gasteiger partial charge is 0.271 e. The molecular weight excluding hydrogens is 378 g/mol. The molecule has 1 unspecified atom stereocenters. The van der Waals surface area contributed by atoms with Crippen LogP contribution < -0.4 is 26.1 Å². The monoisotopic (exact) mass is 400 g/mol. The molecule has 2 aromatic carbocycles. The van der Waals surface area contributed by atoms with Crippen molar-refractivity contribution < 1.29 is 9.13 Å². The van der Waals surface area contributed by atoms with Crippen LogP contribution in [0.5, 0.6) is 0 Å². The first-order valence-corrected chi connectivity index (χ1v) is 11.7. The summed E-state index contributed by atoms with van der Waals surface area (Å²) in [5.41, 5.74) is 18.5. The van der Waals surface area contributed by atoms with Crippen LogP contribution in [0.3, 0.4) is 0 Å². The highest BCUT2D eigenvalue weighted by Gasteiger charge is 2.28. The van der Waals surface area contributed by atoms with E-state index in [2.05, 4.69) is 9.58 Å². The largest absolute Gasteiger partial charge is 0.290 e. The molecule has 0 aliphatic rings. The van der Waals surface area contributed by atoms with E-state index in [1.807, 2.05) is 60.7 Å². The highest BCUT2D eigenvalue weighted by molar-refractivity contribution is 8.04. The van der Waals surface area contributed by atoms with Gasteiger partial charge in [0, 0.05) is 25.2 Å². The van der Waals surface area contributed by atoms with Crippen LogP contribution in [0.2, 0.25) is 0 Å². The van der Waals surface area contributed by atoms with E-state index < -0.39 is 15.2 Å². The van der Waals surface area contributed by atoms with Crippen molar-refractivity contribution in [2.45, 2.75) is 13.1 Å². The lowest BCUT2D eigenvalue weighted by atomic mass is 10.2. The fourth-order valence-electron chi connectivity index (χ4n) is 1.93. The van der Waals surface area contributed by atoms with Gasteiger partial charge < -0.3 is 0 Å². The summed E-state index contributed by atoms with van der Waals surface area (Å²) in [6.45, 7) is 0.567. The molecule has 0 amide bonds. The van der Waals surface area contributed by atoms with Gasteiger partial charge in [0.1, 0.15) is 0 Å². The second-order valence-electron chi connectivity index (χ2n) is 5.33. The van der Waals surface area contributed by atoms with Gasteiger partial charge in [0.05, 0.1) is 0 Å². The fraction of sp³-hybridized carbons (Fsp3) is 0.143. The van der Waals surface area contributed by atoms with Gasteiger partial charge in [-0.25, -0.2) is 5.09 Å². The van der Waals surface area contributed by atoms with Crippen molar-refractivity contribution in [1.82, 2.24) is 13.7 Å². The van der Waals surface area contributed by atoms with Gasteiger partial charge in [-0.2, -0.15) is 8.57 Å². The molecule has 8 nitrogen and oxygen atoms in total. The fourth-order valence-corrected chi connectivity index (χ4v) is 4.96. The molecule has 0 aliphatic heterocycles. The summed E-state index contributed by atoms with van der Waals surface area (Å²) in [5.74, 6) is 0. The number of nitrogens with one attached hydrogen (secondary N) is 2. The lowest BCUT2D eigenvalue weighted by Crippen LogP contribution is -2.31. The zero-order valence-corrected chi connectivity index (χ0v) is 16.1. The lowest BCUT2D eigenvalue weighted by molar-refractivity contribution is 0.518. The van der Waals surface area contributed by atoms with Crippen LogP contribution >= 0.6 is 27.3 Å². The van der Waals surface area contributed by atoms with Gasteiger partial charge in [0.2, 0.25) is 0 Å². The molecule has 8 N–H and O–H groups in total. The SMILES string of the molecule is NP(N)(=O)NSN(Cc1ccccc1)P(N)(=O)NCc1ccccc1. The lowest BCUT2D eigenvalue weighted by Gasteiger charge is -2.28. The maximum Gasteiger partial charge on any atom is 0.290 e. The van der Waals surface area contributed by atoms with E-state index in [1.165, 1.54) is 4.08 Å². The molecule has 2 aromatic rings. The summed E-state index contributed by atoms with van der Waals surface area (Å²) >= 11 is 0.785. The summed E-state index contributed by atoms with van der Waals surface area (Å²) in [7, 11) is -6.97. The van der Waals surface area contributed by atoms with Gasteiger partial charge in [0.15, 0.2) is 0 Å².